The maximum atomic E-state index is 11.4. The number of carboxylic acids is 1. The molecule has 0 saturated carbocycles. The van der Waals surface area contributed by atoms with Gasteiger partial charge in [-0.3, -0.25) is 9.59 Å². The van der Waals surface area contributed by atoms with Crippen LogP contribution in [0.15, 0.2) is 0 Å². The third-order valence-electron chi connectivity index (χ3n) is 2.70. The Morgan fingerprint density at radius 3 is 2.29 bits per heavy atom. The van der Waals surface area contributed by atoms with E-state index in [4.69, 9.17) is 10.8 Å². The minimum atomic E-state index is -0.865. The molecule has 2 unspecified atom stereocenters. The average Bonchev–Trinajstić information content (AvgIpc) is 2.15. The molecule has 0 aliphatic heterocycles. The Morgan fingerprint density at radius 2 is 1.88 bits per heavy atom. The molecule has 5 heteroatoms. The second kappa shape index (κ2) is 8.06. The van der Waals surface area contributed by atoms with Gasteiger partial charge in [0.1, 0.15) is 0 Å². The van der Waals surface area contributed by atoms with Crippen molar-refractivity contribution in [3.8, 4) is 0 Å². The van der Waals surface area contributed by atoms with Crippen molar-refractivity contribution in [1.82, 2.24) is 5.32 Å². The summed E-state index contributed by atoms with van der Waals surface area (Å²) in [6.45, 7) is 5.77. The van der Waals surface area contributed by atoms with Crippen molar-refractivity contribution in [3.05, 3.63) is 0 Å². The van der Waals surface area contributed by atoms with Crippen molar-refractivity contribution >= 4 is 11.9 Å². The van der Waals surface area contributed by atoms with Crippen LogP contribution >= 0.6 is 0 Å². The van der Waals surface area contributed by atoms with Gasteiger partial charge >= 0.3 is 5.97 Å². The maximum Gasteiger partial charge on any atom is 0.308 e. The summed E-state index contributed by atoms with van der Waals surface area (Å²) >= 11 is 0. The third kappa shape index (κ3) is 7.74. The standard InChI is InChI=1S/C12H24N2O3/c1-8(2)10(12(16)17)7-14-11(15)6-4-5-9(3)13/h8-10H,4-7,13H2,1-3H3,(H,14,15)(H,16,17). The Morgan fingerprint density at radius 1 is 1.29 bits per heavy atom. The third-order valence-corrected chi connectivity index (χ3v) is 2.70. The van der Waals surface area contributed by atoms with Crippen LogP contribution in [0.5, 0.6) is 0 Å². The molecule has 0 aliphatic rings. The van der Waals surface area contributed by atoms with Crippen LogP contribution in [0.25, 0.3) is 0 Å². The molecule has 0 bridgehead atoms. The number of carboxylic acid groups (broad SMARTS) is 1. The molecule has 0 radical (unpaired) electrons. The summed E-state index contributed by atoms with van der Waals surface area (Å²) in [7, 11) is 0. The summed E-state index contributed by atoms with van der Waals surface area (Å²) in [6, 6.07) is 0.102. The van der Waals surface area contributed by atoms with Crippen LogP contribution in [-0.4, -0.2) is 29.6 Å². The van der Waals surface area contributed by atoms with Gasteiger partial charge in [0.15, 0.2) is 0 Å². The number of rotatable bonds is 8. The molecule has 0 rings (SSSR count). The molecule has 5 nitrogen and oxygen atoms in total. The summed E-state index contributed by atoms with van der Waals surface area (Å²) in [6.07, 6.45) is 1.95. The Balaban J connectivity index is 3.85. The van der Waals surface area contributed by atoms with Crippen molar-refractivity contribution in [2.75, 3.05) is 6.54 Å². The molecule has 4 N–H and O–H groups in total. The molecule has 100 valence electrons. The second-order valence-corrected chi connectivity index (χ2v) is 4.86. The van der Waals surface area contributed by atoms with Gasteiger partial charge in [-0.25, -0.2) is 0 Å². The largest absolute Gasteiger partial charge is 0.481 e. The van der Waals surface area contributed by atoms with Crippen molar-refractivity contribution < 1.29 is 14.7 Å². The first-order valence-corrected chi connectivity index (χ1v) is 6.09. The van der Waals surface area contributed by atoms with Crippen LogP contribution in [0.3, 0.4) is 0 Å². The van der Waals surface area contributed by atoms with E-state index in [1.807, 2.05) is 20.8 Å². The van der Waals surface area contributed by atoms with Crippen molar-refractivity contribution in [3.63, 3.8) is 0 Å². The number of hydrogen-bond acceptors (Lipinski definition) is 3. The number of carbonyl (C=O) groups is 2. The van der Waals surface area contributed by atoms with Gasteiger partial charge in [-0.2, -0.15) is 0 Å². The molecule has 0 aromatic rings. The van der Waals surface area contributed by atoms with E-state index < -0.39 is 11.9 Å². The number of nitrogens with one attached hydrogen (secondary N) is 1. The lowest BCUT2D eigenvalue weighted by Gasteiger charge is -2.16. The van der Waals surface area contributed by atoms with Gasteiger partial charge in [0, 0.05) is 19.0 Å². The van der Waals surface area contributed by atoms with E-state index in [2.05, 4.69) is 5.32 Å². The SMILES string of the molecule is CC(N)CCCC(=O)NCC(C(=O)O)C(C)C. The van der Waals surface area contributed by atoms with Gasteiger partial charge in [0.25, 0.3) is 0 Å². The lowest BCUT2D eigenvalue weighted by molar-refractivity contribution is -0.143. The highest BCUT2D eigenvalue weighted by molar-refractivity contribution is 5.77. The fourth-order valence-electron chi connectivity index (χ4n) is 1.50. The summed E-state index contributed by atoms with van der Waals surface area (Å²) in [5, 5.41) is 11.6. The zero-order chi connectivity index (χ0) is 13.4. The van der Waals surface area contributed by atoms with E-state index in [1.54, 1.807) is 0 Å². The fourth-order valence-corrected chi connectivity index (χ4v) is 1.50. The van der Waals surface area contributed by atoms with Gasteiger partial charge < -0.3 is 16.2 Å². The minimum Gasteiger partial charge on any atom is -0.481 e. The summed E-state index contributed by atoms with van der Waals surface area (Å²) in [4.78, 5) is 22.3. The molecule has 0 heterocycles. The molecule has 0 aliphatic carbocycles. The lowest BCUT2D eigenvalue weighted by Crippen LogP contribution is -2.35. The molecular weight excluding hydrogens is 220 g/mol. The minimum absolute atomic E-state index is 0.0110. The van der Waals surface area contributed by atoms with Crippen LogP contribution in [0.2, 0.25) is 0 Å². The van der Waals surface area contributed by atoms with E-state index in [9.17, 15) is 9.59 Å². The Kier molecular flexibility index (Phi) is 7.54. The number of aliphatic carboxylic acids is 1. The molecule has 0 aromatic carbocycles. The summed E-state index contributed by atoms with van der Waals surface area (Å²) in [5.41, 5.74) is 5.57. The Bertz CT molecular complexity index is 252. The Hall–Kier alpha value is -1.10. The molecule has 0 spiro atoms. The molecule has 0 aromatic heterocycles. The van der Waals surface area contributed by atoms with Crippen molar-refractivity contribution in [2.24, 2.45) is 17.6 Å². The van der Waals surface area contributed by atoms with Crippen LogP contribution in [0, 0.1) is 11.8 Å². The van der Waals surface area contributed by atoms with E-state index in [0.29, 0.717) is 6.42 Å². The molecule has 2 atom stereocenters. The summed E-state index contributed by atoms with van der Waals surface area (Å²) in [5.74, 6) is -1.47. The molecule has 17 heavy (non-hydrogen) atoms. The van der Waals surface area contributed by atoms with Gasteiger partial charge in [-0.15, -0.1) is 0 Å². The normalized spacial score (nSPS) is 14.4. The van der Waals surface area contributed by atoms with Crippen molar-refractivity contribution in [2.45, 2.75) is 46.1 Å². The molecule has 0 saturated heterocycles. The van der Waals surface area contributed by atoms with Crippen LogP contribution in [0.1, 0.15) is 40.0 Å². The van der Waals surface area contributed by atoms with E-state index in [-0.39, 0.29) is 24.4 Å². The second-order valence-electron chi connectivity index (χ2n) is 4.86. The highest BCUT2D eigenvalue weighted by atomic mass is 16.4. The zero-order valence-electron chi connectivity index (χ0n) is 10.9. The number of hydrogen-bond donors (Lipinski definition) is 3. The quantitative estimate of drug-likeness (QED) is 0.593. The molecule has 1 amide bonds. The molecular formula is C12H24N2O3. The van der Waals surface area contributed by atoms with Crippen LogP contribution in [0.4, 0.5) is 0 Å². The Labute approximate surface area is 103 Å². The van der Waals surface area contributed by atoms with Gasteiger partial charge in [0.2, 0.25) is 5.91 Å². The smallest absolute Gasteiger partial charge is 0.308 e. The monoisotopic (exact) mass is 244 g/mol. The first-order chi connectivity index (χ1) is 7.84. The highest BCUT2D eigenvalue weighted by Crippen LogP contribution is 2.09. The summed E-state index contributed by atoms with van der Waals surface area (Å²) < 4.78 is 0. The van der Waals surface area contributed by atoms with E-state index >= 15 is 0 Å². The maximum absolute atomic E-state index is 11.4. The highest BCUT2D eigenvalue weighted by Gasteiger charge is 2.21. The number of amides is 1. The first-order valence-electron chi connectivity index (χ1n) is 6.09. The predicted molar refractivity (Wildman–Crippen MR) is 66.5 cm³/mol. The van der Waals surface area contributed by atoms with Gasteiger partial charge in [0.05, 0.1) is 5.92 Å². The van der Waals surface area contributed by atoms with E-state index in [1.165, 1.54) is 0 Å². The van der Waals surface area contributed by atoms with Gasteiger partial charge in [-0.05, 0) is 25.7 Å². The van der Waals surface area contributed by atoms with Gasteiger partial charge in [-0.1, -0.05) is 13.8 Å². The topological polar surface area (TPSA) is 92.4 Å². The molecule has 0 fully saturated rings. The van der Waals surface area contributed by atoms with Crippen molar-refractivity contribution in [1.29, 1.82) is 0 Å². The number of nitrogens with two attached hydrogens (primary N) is 1. The number of carbonyl (C=O) groups excluding carboxylic acids is 1. The average molecular weight is 244 g/mol. The van der Waals surface area contributed by atoms with E-state index in [0.717, 1.165) is 12.8 Å². The lowest BCUT2D eigenvalue weighted by atomic mass is 9.96. The van der Waals surface area contributed by atoms with Crippen LogP contribution < -0.4 is 11.1 Å². The fraction of sp³-hybridized carbons (Fsp3) is 0.833. The zero-order valence-corrected chi connectivity index (χ0v) is 10.9. The first kappa shape index (κ1) is 15.9. The predicted octanol–water partition coefficient (Wildman–Crippen LogP) is 0.977. The van der Waals surface area contributed by atoms with Crippen LogP contribution in [-0.2, 0) is 9.59 Å².